The van der Waals surface area contributed by atoms with Gasteiger partial charge in [0.05, 0.1) is 25.7 Å². The molecule has 3 rings (SSSR count). The zero-order chi connectivity index (χ0) is 21.7. The van der Waals surface area contributed by atoms with E-state index in [2.05, 4.69) is 5.32 Å². The minimum atomic E-state index is -3.45. The summed E-state index contributed by atoms with van der Waals surface area (Å²) in [6.45, 7) is 0.618. The summed E-state index contributed by atoms with van der Waals surface area (Å²) < 4.78 is 37.4. The Morgan fingerprint density at radius 3 is 2.37 bits per heavy atom. The molecule has 162 valence electrons. The molecule has 0 radical (unpaired) electrons. The molecule has 1 fully saturated rings. The van der Waals surface area contributed by atoms with Crippen LogP contribution >= 0.6 is 11.6 Å². The molecule has 1 amide bonds. The molecule has 7 nitrogen and oxygen atoms in total. The van der Waals surface area contributed by atoms with E-state index in [1.165, 1.54) is 11.4 Å². The van der Waals surface area contributed by atoms with Gasteiger partial charge in [-0.25, -0.2) is 12.7 Å². The number of halogens is 1. The summed E-state index contributed by atoms with van der Waals surface area (Å²) in [7, 11) is -0.376. The van der Waals surface area contributed by atoms with Crippen molar-refractivity contribution in [2.75, 3.05) is 32.6 Å². The van der Waals surface area contributed by atoms with E-state index in [9.17, 15) is 13.2 Å². The summed E-state index contributed by atoms with van der Waals surface area (Å²) in [5.41, 5.74) is 1.21. The number of carbonyl (C=O) groups is 1. The molecular formula is C21H25ClN2O5S. The lowest BCUT2D eigenvalue weighted by Gasteiger charge is -2.30. The Morgan fingerprint density at radius 2 is 1.77 bits per heavy atom. The molecule has 1 N–H and O–H groups in total. The number of rotatable bonds is 7. The molecule has 2 aromatic carbocycles. The number of anilines is 1. The normalized spacial score (nSPS) is 15.6. The van der Waals surface area contributed by atoms with Crippen LogP contribution < -0.4 is 14.8 Å². The van der Waals surface area contributed by atoms with E-state index in [1.807, 2.05) is 0 Å². The van der Waals surface area contributed by atoms with E-state index in [0.717, 1.165) is 0 Å². The van der Waals surface area contributed by atoms with Crippen molar-refractivity contribution in [1.82, 2.24) is 4.31 Å². The molecule has 0 spiro atoms. The van der Waals surface area contributed by atoms with Crippen LogP contribution in [-0.2, 0) is 20.6 Å². The van der Waals surface area contributed by atoms with Crippen molar-refractivity contribution in [3.05, 3.63) is 53.1 Å². The predicted octanol–water partition coefficient (Wildman–Crippen LogP) is 3.54. The number of hydrogen-bond acceptors (Lipinski definition) is 5. The Labute approximate surface area is 182 Å². The molecular weight excluding hydrogens is 428 g/mol. The maximum Gasteiger partial charge on any atom is 0.227 e. The Balaban J connectivity index is 1.59. The van der Waals surface area contributed by atoms with Crippen molar-refractivity contribution in [3.63, 3.8) is 0 Å². The summed E-state index contributed by atoms with van der Waals surface area (Å²) in [4.78, 5) is 12.7. The molecule has 1 saturated heterocycles. The van der Waals surface area contributed by atoms with Gasteiger partial charge in [-0.15, -0.1) is 0 Å². The standard InChI is InChI=1S/C21H25ClN2O5S/c1-28-18-7-8-20(29-2)19(13-18)23-21(25)16-9-11-24(12-10-16)30(26,27)14-15-3-5-17(22)6-4-15/h3-8,13,16H,9-12,14H2,1-2H3,(H,23,25). The Bertz CT molecular complexity index is 987. The smallest absolute Gasteiger partial charge is 0.227 e. The number of benzene rings is 2. The van der Waals surface area contributed by atoms with Gasteiger partial charge in [0.15, 0.2) is 0 Å². The van der Waals surface area contributed by atoms with E-state index in [1.54, 1.807) is 49.6 Å². The van der Waals surface area contributed by atoms with Crippen LogP contribution in [0.4, 0.5) is 5.69 Å². The summed E-state index contributed by atoms with van der Waals surface area (Å²) in [6, 6.07) is 11.9. The average molecular weight is 453 g/mol. The number of ether oxygens (including phenoxy) is 2. The number of methoxy groups -OCH3 is 2. The molecule has 0 saturated carbocycles. The number of nitrogens with one attached hydrogen (secondary N) is 1. The first-order valence-electron chi connectivity index (χ1n) is 9.57. The van der Waals surface area contributed by atoms with Crippen LogP contribution in [-0.4, -0.2) is 45.9 Å². The summed E-state index contributed by atoms with van der Waals surface area (Å²) in [5.74, 6) is 0.628. The lowest BCUT2D eigenvalue weighted by molar-refractivity contribution is -0.120. The minimum absolute atomic E-state index is 0.0813. The molecule has 0 unspecified atom stereocenters. The second-order valence-electron chi connectivity index (χ2n) is 7.11. The molecule has 1 heterocycles. The molecule has 0 aromatic heterocycles. The highest BCUT2D eigenvalue weighted by molar-refractivity contribution is 7.88. The van der Waals surface area contributed by atoms with Crippen molar-refractivity contribution in [2.24, 2.45) is 5.92 Å². The summed E-state index contributed by atoms with van der Waals surface area (Å²) in [5, 5.41) is 3.45. The number of hydrogen-bond donors (Lipinski definition) is 1. The van der Waals surface area contributed by atoms with Crippen LogP contribution in [0.2, 0.25) is 5.02 Å². The summed E-state index contributed by atoms with van der Waals surface area (Å²) >= 11 is 5.86. The van der Waals surface area contributed by atoms with Crippen molar-refractivity contribution in [1.29, 1.82) is 0 Å². The number of amides is 1. The van der Waals surface area contributed by atoms with Crippen LogP contribution in [0.1, 0.15) is 18.4 Å². The van der Waals surface area contributed by atoms with Crippen LogP contribution in [0.25, 0.3) is 0 Å². The lowest BCUT2D eigenvalue weighted by atomic mass is 9.97. The highest BCUT2D eigenvalue weighted by Gasteiger charge is 2.31. The third-order valence-corrected chi connectivity index (χ3v) is 7.25. The van der Waals surface area contributed by atoms with Crippen molar-refractivity contribution >= 4 is 33.2 Å². The molecule has 0 atom stereocenters. The molecule has 1 aliphatic rings. The monoisotopic (exact) mass is 452 g/mol. The summed E-state index contributed by atoms with van der Waals surface area (Å²) in [6.07, 6.45) is 0.913. The van der Waals surface area contributed by atoms with Gasteiger partial charge in [0.1, 0.15) is 11.5 Å². The maximum absolute atomic E-state index is 12.7. The van der Waals surface area contributed by atoms with E-state index < -0.39 is 10.0 Å². The van der Waals surface area contributed by atoms with Gasteiger partial charge in [-0.2, -0.15) is 0 Å². The molecule has 0 bridgehead atoms. The zero-order valence-corrected chi connectivity index (χ0v) is 18.5. The third-order valence-electron chi connectivity index (χ3n) is 5.14. The van der Waals surface area contributed by atoms with Crippen molar-refractivity contribution in [2.45, 2.75) is 18.6 Å². The highest BCUT2D eigenvalue weighted by atomic mass is 35.5. The number of piperidine rings is 1. The molecule has 2 aromatic rings. The first kappa shape index (κ1) is 22.4. The number of sulfonamides is 1. The zero-order valence-electron chi connectivity index (χ0n) is 16.9. The molecule has 0 aliphatic carbocycles. The van der Waals surface area contributed by atoms with Gasteiger partial charge in [-0.05, 0) is 42.7 Å². The van der Waals surface area contributed by atoms with Gasteiger partial charge in [-0.1, -0.05) is 23.7 Å². The number of carbonyl (C=O) groups excluding carboxylic acids is 1. The van der Waals surface area contributed by atoms with Crippen LogP contribution in [0.15, 0.2) is 42.5 Å². The van der Waals surface area contributed by atoms with Gasteiger partial charge in [0.25, 0.3) is 0 Å². The van der Waals surface area contributed by atoms with Gasteiger partial charge in [0.2, 0.25) is 15.9 Å². The highest BCUT2D eigenvalue weighted by Crippen LogP contribution is 2.30. The predicted molar refractivity (Wildman–Crippen MR) is 117 cm³/mol. The van der Waals surface area contributed by atoms with E-state index in [4.69, 9.17) is 21.1 Å². The average Bonchev–Trinajstić information content (AvgIpc) is 2.75. The second-order valence-corrected chi connectivity index (χ2v) is 9.52. The minimum Gasteiger partial charge on any atom is -0.497 e. The first-order valence-corrected chi connectivity index (χ1v) is 11.6. The Kier molecular flexibility index (Phi) is 7.23. The van der Waals surface area contributed by atoms with Gasteiger partial charge in [0, 0.05) is 30.1 Å². The third kappa shape index (κ3) is 5.44. The van der Waals surface area contributed by atoms with E-state index in [-0.39, 0.29) is 17.6 Å². The van der Waals surface area contributed by atoms with Crippen LogP contribution in [0, 0.1) is 5.92 Å². The quantitative estimate of drug-likeness (QED) is 0.694. The number of nitrogens with zero attached hydrogens (tertiary/aromatic N) is 1. The SMILES string of the molecule is COc1ccc(OC)c(NC(=O)C2CCN(S(=O)(=O)Cc3ccc(Cl)cc3)CC2)c1. The van der Waals surface area contributed by atoms with Gasteiger partial charge < -0.3 is 14.8 Å². The molecule has 1 aliphatic heterocycles. The Morgan fingerprint density at radius 1 is 1.10 bits per heavy atom. The van der Waals surface area contributed by atoms with Crippen LogP contribution in [0.5, 0.6) is 11.5 Å². The fraction of sp³-hybridized carbons (Fsp3) is 0.381. The first-order chi connectivity index (χ1) is 14.3. The van der Waals surface area contributed by atoms with Crippen molar-refractivity contribution in [3.8, 4) is 11.5 Å². The fourth-order valence-electron chi connectivity index (χ4n) is 3.43. The van der Waals surface area contributed by atoms with E-state index in [0.29, 0.717) is 53.7 Å². The van der Waals surface area contributed by atoms with E-state index >= 15 is 0 Å². The topological polar surface area (TPSA) is 84.9 Å². The lowest BCUT2D eigenvalue weighted by Crippen LogP contribution is -2.41. The largest absolute Gasteiger partial charge is 0.497 e. The maximum atomic E-state index is 12.7. The molecule has 9 heteroatoms. The Hall–Kier alpha value is -2.29. The van der Waals surface area contributed by atoms with Gasteiger partial charge in [-0.3, -0.25) is 4.79 Å². The van der Waals surface area contributed by atoms with Crippen molar-refractivity contribution < 1.29 is 22.7 Å². The molecule has 30 heavy (non-hydrogen) atoms. The second kappa shape index (κ2) is 9.68. The van der Waals surface area contributed by atoms with Gasteiger partial charge >= 0.3 is 0 Å². The fourth-order valence-corrected chi connectivity index (χ4v) is 5.11. The van der Waals surface area contributed by atoms with Crippen LogP contribution in [0.3, 0.4) is 0 Å².